The molecule has 2 aromatic carbocycles. The number of benzene rings is 2. The third-order valence-electron chi connectivity index (χ3n) is 5.04. The van der Waals surface area contributed by atoms with Gasteiger partial charge < -0.3 is 4.74 Å². The van der Waals surface area contributed by atoms with Crippen LogP contribution in [0.3, 0.4) is 0 Å². The number of hydrogen-bond donors (Lipinski definition) is 0. The van der Waals surface area contributed by atoms with E-state index in [1.54, 1.807) is 7.11 Å². The van der Waals surface area contributed by atoms with E-state index in [1.165, 1.54) is 0 Å². The second-order valence-corrected chi connectivity index (χ2v) is 7.11. The highest BCUT2D eigenvalue weighted by molar-refractivity contribution is 6.17. The molecule has 0 aliphatic carbocycles. The lowest BCUT2D eigenvalue weighted by Gasteiger charge is -2.25. The van der Waals surface area contributed by atoms with Gasteiger partial charge in [0.2, 0.25) is 0 Å². The van der Waals surface area contributed by atoms with Gasteiger partial charge in [0.25, 0.3) is 0 Å². The highest BCUT2D eigenvalue weighted by Crippen LogP contribution is 2.39. The van der Waals surface area contributed by atoms with Crippen molar-refractivity contribution >= 4 is 11.6 Å². The Labute approximate surface area is 166 Å². The molecule has 0 spiro atoms. The lowest BCUT2D eigenvalue weighted by molar-refractivity contribution is 0.115. The maximum absolute atomic E-state index is 15.6. The van der Waals surface area contributed by atoms with Gasteiger partial charge in [-0.25, -0.2) is 4.39 Å². The first-order valence-corrected chi connectivity index (χ1v) is 9.95. The van der Waals surface area contributed by atoms with Gasteiger partial charge in [0.1, 0.15) is 5.82 Å². The number of alkyl halides is 1. The van der Waals surface area contributed by atoms with Crippen molar-refractivity contribution < 1.29 is 9.13 Å². The standard InChI is InChI=1S/C23H27ClFNO/c1-16-21(17(2)27-3)23(25)20(12-7-8-15-26)19(13-9-14-24)22(16)18-10-5-4-6-11-18/h4-6,10-11,17H,7-9,12-14H2,1-3H3. The van der Waals surface area contributed by atoms with Gasteiger partial charge in [-0.15, -0.1) is 11.6 Å². The maximum atomic E-state index is 15.6. The van der Waals surface area contributed by atoms with Crippen LogP contribution in [0.15, 0.2) is 30.3 Å². The highest BCUT2D eigenvalue weighted by atomic mass is 35.5. The van der Waals surface area contributed by atoms with E-state index in [2.05, 4.69) is 18.2 Å². The van der Waals surface area contributed by atoms with E-state index in [0.29, 0.717) is 36.3 Å². The van der Waals surface area contributed by atoms with Gasteiger partial charge in [-0.2, -0.15) is 5.26 Å². The lowest BCUT2D eigenvalue weighted by atomic mass is 9.83. The van der Waals surface area contributed by atoms with Crippen molar-refractivity contribution in [1.29, 1.82) is 5.26 Å². The molecule has 0 bridgehead atoms. The minimum absolute atomic E-state index is 0.191. The van der Waals surface area contributed by atoms with Gasteiger partial charge >= 0.3 is 0 Å². The first-order valence-electron chi connectivity index (χ1n) is 9.41. The minimum atomic E-state index is -0.343. The summed E-state index contributed by atoms with van der Waals surface area (Å²) in [6.45, 7) is 3.84. The summed E-state index contributed by atoms with van der Waals surface area (Å²) in [7, 11) is 1.60. The molecule has 0 aliphatic heterocycles. The zero-order valence-corrected chi connectivity index (χ0v) is 17.1. The fraction of sp³-hybridized carbons (Fsp3) is 0.435. The molecule has 1 atom stereocenters. The molecule has 27 heavy (non-hydrogen) atoms. The molecule has 4 heteroatoms. The molecule has 2 nitrogen and oxygen atoms in total. The first-order chi connectivity index (χ1) is 13.1. The predicted molar refractivity (Wildman–Crippen MR) is 110 cm³/mol. The van der Waals surface area contributed by atoms with Crippen molar-refractivity contribution in [2.24, 2.45) is 0 Å². The Balaban J connectivity index is 2.77. The molecule has 0 N–H and O–H groups in total. The molecule has 0 fully saturated rings. The van der Waals surface area contributed by atoms with Gasteiger partial charge in [0.15, 0.2) is 0 Å². The van der Waals surface area contributed by atoms with E-state index in [1.807, 2.05) is 32.0 Å². The molecule has 0 amide bonds. The summed E-state index contributed by atoms with van der Waals surface area (Å²) in [5.74, 6) is 0.340. The first kappa shape index (κ1) is 21.4. The van der Waals surface area contributed by atoms with Crippen molar-refractivity contribution in [1.82, 2.24) is 0 Å². The fourth-order valence-corrected chi connectivity index (χ4v) is 3.83. The summed E-state index contributed by atoms with van der Waals surface area (Å²) in [5.41, 5.74) is 5.40. The SMILES string of the molecule is COC(C)c1c(C)c(-c2ccccc2)c(CCCCl)c(CCCC#N)c1F. The van der Waals surface area contributed by atoms with Crippen LogP contribution in [0, 0.1) is 24.1 Å². The van der Waals surface area contributed by atoms with E-state index < -0.39 is 0 Å². The number of unbranched alkanes of at least 4 members (excludes halogenated alkanes) is 1. The van der Waals surface area contributed by atoms with Gasteiger partial charge in [-0.3, -0.25) is 0 Å². The number of methoxy groups -OCH3 is 1. The zero-order valence-electron chi connectivity index (χ0n) is 16.3. The third-order valence-corrected chi connectivity index (χ3v) is 5.31. The van der Waals surface area contributed by atoms with Gasteiger partial charge in [0, 0.05) is 25.0 Å². The Morgan fingerprint density at radius 3 is 2.41 bits per heavy atom. The van der Waals surface area contributed by atoms with Crippen molar-refractivity contribution in [2.45, 2.75) is 52.1 Å². The molecule has 144 valence electrons. The van der Waals surface area contributed by atoms with Crippen LogP contribution in [0.2, 0.25) is 0 Å². The molecule has 2 aromatic rings. The summed E-state index contributed by atoms with van der Waals surface area (Å²) >= 11 is 5.96. The zero-order chi connectivity index (χ0) is 19.8. The lowest BCUT2D eigenvalue weighted by Crippen LogP contribution is -2.12. The second kappa shape index (κ2) is 10.4. The summed E-state index contributed by atoms with van der Waals surface area (Å²) in [5, 5.41) is 8.90. The van der Waals surface area contributed by atoms with E-state index >= 15 is 4.39 Å². The third kappa shape index (κ3) is 4.89. The van der Waals surface area contributed by atoms with E-state index in [4.69, 9.17) is 21.6 Å². The Hall–Kier alpha value is -1.89. The van der Waals surface area contributed by atoms with E-state index in [0.717, 1.165) is 35.1 Å². The van der Waals surface area contributed by atoms with Crippen LogP contribution in [-0.4, -0.2) is 13.0 Å². The van der Waals surface area contributed by atoms with Crippen LogP contribution in [0.4, 0.5) is 4.39 Å². The Bertz CT molecular complexity index is 799. The number of nitrogens with zero attached hydrogens (tertiary/aromatic N) is 1. The number of rotatable bonds is 9. The summed E-state index contributed by atoms with van der Waals surface area (Å²) < 4.78 is 21.1. The van der Waals surface area contributed by atoms with Crippen molar-refractivity contribution in [3.05, 3.63) is 58.4 Å². The molecule has 2 rings (SSSR count). The molecule has 0 heterocycles. The van der Waals surface area contributed by atoms with Crippen LogP contribution >= 0.6 is 11.6 Å². The van der Waals surface area contributed by atoms with Crippen LogP contribution in [-0.2, 0) is 17.6 Å². The van der Waals surface area contributed by atoms with Crippen LogP contribution in [0.5, 0.6) is 0 Å². The molecular weight excluding hydrogens is 361 g/mol. The van der Waals surface area contributed by atoms with Gasteiger partial charge in [-0.1, -0.05) is 30.3 Å². The largest absolute Gasteiger partial charge is 0.377 e. The number of nitriles is 1. The number of halogens is 2. The fourth-order valence-electron chi connectivity index (χ4n) is 3.69. The Morgan fingerprint density at radius 2 is 1.81 bits per heavy atom. The van der Waals surface area contributed by atoms with E-state index in [9.17, 15) is 0 Å². The summed E-state index contributed by atoms with van der Waals surface area (Å²) in [4.78, 5) is 0. The van der Waals surface area contributed by atoms with Crippen molar-refractivity contribution in [3.63, 3.8) is 0 Å². The van der Waals surface area contributed by atoms with Crippen LogP contribution in [0.25, 0.3) is 11.1 Å². The average molecular weight is 388 g/mol. The monoisotopic (exact) mass is 387 g/mol. The normalized spacial score (nSPS) is 12.0. The van der Waals surface area contributed by atoms with Crippen LogP contribution < -0.4 is 0 Å². The summed E-state index contributed by atoms with van der Waals surface area (Å²) in [6.07, 6.45) is 2.75. The van der Waals surface area contributed by atoms with E-state index in [-0.39, 0.29) is 11.9 Å². The molecule has 0 saturated carbocycles. The molecule has 0 aromatic heterocycles. The van der Waals surface area contributed by atoms with Crippen molar-refractivity contribution in [2.75, 3.05) is 13.0 Å². The van der Waals surface area contributed by atoms with Crippen LogP contribution in [0.1, 0.15) is 54.5 Å². The molecule has 0 saturated heterocycles. The molecule has 0 radical (unpaired) electrons. The van der Waals surface area contributed by atoms with Gasteiger partial charge in [0.05, 0.1) is 12.2 Å². The quantitative estimate of drug-likeness (QED) is 0.362. The number of ether oxygens (including phenoxy) is 1. The number of hydrogen-bond acceptors (Lipinski definition) is 2. The molecular formula is C23H27ClFNO. The Kier molecular flexibility index (Phi) is 8.28. The predicted octanol–water partition coefficient (Wildman–Crippen LogP) is 6.53. The minimum Gasteiger partial charge on any atom is -0.377 e. The molecule has 1 unspecified atom stereocenters. The average Bonchev–Trinajstić information content (AvgIpc) is 2.68. The smallest absolute Gasteiger partial charge is 0.132 e. The topological polar surface area (TPSA) is 33.0 Å². The molecule has 0 aliphatic rings. The highest BCUT2D eigenvalue weighted by Gasteiger charge is 2.25. The summed E-state index contributed by atoms with van der Waals surface area (Å²) in [6, 6.07) is 12.3. The Morgan fingerprint density at radius 1 is 1.15 bits per heavy atom. The van der Waals surface area contributed by atoms with Gasteiger partial charge in [-0.05, 0) is 67.3 Å². The maximum Gasteiger partial charge on any atom is 0.132 e. The second-order valence-electron chi connectivity index (χ2n) is 6.73. The van der Waals surface area contributed by atoms with Crippen molar-refractivity contribution in [3.8, 4) is 17.2 Å².